The molecule has 0 aliphatic rings. The van der Waals surface area contributed by atoms with E-state index in [1.165, 1.54) is 109 Å². The van der Waals surface area contributed by atoms with Gasteiger partial charge in [0.2, 0.25) is 0 Å². The number of aromatic hydroxyl groups is 2. The second kappa shape index (κ2) is 14.3. The van der Waals surface area contributed by atoms with E-state index >= 15 is 0 Å². The Bertz CT molecular complexity index is 2560. The Morgan fingerprint density at radius 1 is 0.426 bits per heavy atom. The van der Waals surface area contributed by atoms with Crippen LogP contribution in [0, 0.1) is 0 Å². The molecule has 8 N–H and O–H groups in total. The third kappa shape index (κ3) is 8.27. The maximum absolute atomic E-state index is 12.8. The number of rotatable bonds is 8. The van der Waals surface area contributed by atoms with Crippen LogP contribution in [0.1, 0.15) is 20.7 Å². The number of amides is 4. The highest BCUT2D eigenvalue weighted by atomic mass is 32.2. The Labute approximate surface area is 305 Å². The molecule has 6 aromatic carbocycles. The summed E-state index contributed by atoms with van der Waals surface area (Å²) in [4.78, 5) is 50.1. The fraction of sp³-hybridized carbons (Fsp3) is 0. The predicted octanol–water partition coefficient (Wildman–Crippen LogP) is 4.98. The molecule has 0 spiro atoms. The minimum absolute atomic E-state index is 0.0280. The number of phenolic OH excluding ortho intramolecular Hbond substituents is 2. The second-order valence-electron chi connectivity index (χ2n) is 11.7. The quantitative estimate of drug-likeness (QED) is 0.0579. The molecule has 0 atom stereocenters. The molecule has 0 radical (unpaired) electrons. The van der Waals surface area contributed by atoms with Crippen molar-refractivity contribution in [3.8, 4) is 11.5 Å². The Morgan fingerprint density at radius 3 is 1.11 bits per heavy atom. The number of anilines is 4. The first-order chi connectivity index (χ1) is 25.4. The van der Waals surface area contributed by atoms with Crippen LogP contribution < -0.4 is 21.3 Å². The molecule has 274 valence electrons. The molecule has 0 fully saturated rings. The van der Waals surface area contributed by atoms with Gasteiger partial charge in [0.15, 0.2) is 0 Å². The van der Waals surface area contributed by atoms with E-state index in [1.54, 1.807) is 0 Å². The molecule has 0 bridgehead atoms. The number of hydrogen-bond donors (Lipinski definition) is 8. The van der Waals surface area contributed by atoms with Gasteiger partial charge in [-0.05, 0) is 119 Å². The lowest BCUT2D eigenvalue weighted by Crippen LogP contribution is -2.29. The van der Waals surface area contributed by atoms with E-state index in [9.17, 15) is 55.3 Å². The lowest BCUT2D eigenvalue weighted by Gasteiger charge is -2.11. The van der Waals surface area contributed by atoms with Gasteiger partial charge in [0, 0.05) is 22.5 Å². The first-order valence-corrected chi connectivity index (χ1v) is 18.3. The molecule has 6 aromatic rings. The van der Waals surface area contributed by atoms with Gasteiger partial charge in [0.1, 0.15) is 11.5 Å². The third-order valence-corrected chi connectivity index (χ3v) is 9.66. The summed E-state index contributed by atoms with van der Waals surface area (Å²) in [6.45, 7) is 0. The van der Waals surface area contributed by atoms with Crippen LogP contribution in [0.3, 0.4) is 0 Å². The van der Waals surface area contributed by atoms with Crippen molar-refractivity contribution in [1.82, 2.24) is 0 Å². The van der Waals surface area contributed by atoms with Crippen LogP contribution in [-0.2, 0) is 29.8 Å². The van der Waals surface area contributed by atoms with Gasteiger partial charge < -0.3 is 31.5 Å². The Hall–Kier alpha value is -6.86. The molecule has 0 heterocycles. The number of nitrogens with one attached hydrogen (secondary N) is 4. The molecule has 0 saturated carbocycles. The largest absolute Gasteiger partial charge is 0.506 e. The van der Waals surface area contributed by atoms with E-state index in [1.807, 2.05) is 0 Å². The summed E-state index contributed by atoms with van der Waals surface area (Å²) in [6, 6.07) is 23.7. The van der Waals surface area contributed by atoms with Gasteiger partial charge >= 0.3 is 11.8 Å². The third-order valence-electron chi connectivity index (χ3n) is 7.96. The Morgan fingerprint density at radius 2 is 0.778 bits per heavy atom. The normalized spacial score (nSPS) is 11.5. The van der Waals surface area contributed by atoms with Gasteiger partial charge in [-0.1, -0.05) is 12.1 Å². The second-order valence-corrected chi connectivity index (χ2v) is 14.5. The molecular weight excluding hydrogens is 745 g/mol. The van der Waals surface area contributed by atoms with Crippen LogP contribution in [0.5, 0.6) is 11.5 Å². The maximum atomic E-state index is 12.8. The van der Waals surface area contributed by atoms with E-state index < -0.39 is 43.9 Å². The maximum Gasteiger partial charge on any atom is 0.314 e. The van der Waals surface area contributed by atoms with Crippen molar-refractivity contribution in [2.75, 3.05) is 21.3 Å². The van der Waals surface area contributed by atoms with Crippen LogP contribution in [0.4, 0.5) is 22.7 Å². The smallest absolute Gasteiger partial charge is 0.314 e. The van der Waals surface area contributed by atoms with Gasteiger partial charge in [-0.25, -0.2) is 0 Å². The molecule has 54 heavy (non-hydrogen) atoms. The van der Waals surface area contributed by atoms with E-state index in [-0.39, 0.29) is 55.2 Å². The van der Waals surface area contributed by atoms with Gasteiger partial charge in [-0.2, -0.15) is 16.8 Å². The van der Waals surface area contributed by atoms with Gasteiger partial charge in [0.05, 0.1) is 21.2 Å². The Kier molecular flexibility index (Phi) is 9.76. The van der Waals surface area contributed by atoms with Crippen molar-refractivity contribution in [1.29, 1.82) is 0 Å². The topological polar surface area (TPSA) is 266 Å². The minimum Gasteiger partial charge on any atom is -0.506 e. The average molecular weight is 771 g/mol. The van der Waals surface area contributed by atoms with Crippen molar-refractivity contribution >= 4 is 88.2 Å². The zero-order chi connectivity index (χ0) is 38.9. The fourth-order valence-electron chi connectivity index (χ4n) is 5.22. The lowest BCUT2D eigenvalue weighted by molar-refractivity contribution is -0.132. The van der Waals surface area contributed by atoms with Crippen LogP contribution in [-0.4, -0.2) is 59.8 Å². The van der Waals surface area contributed by atoms with Gasteiger partial charge in [-0.3, -0.25) is 28.3 Å². The van der Waals surface area contributed by atoms with E-state index in [2.05, 4.69) is 21.3 Å². The molecule has 0 aliphatic heterocycles. The number of benzene rings is 6. The minimum atomic E-state index is -4.46. The van der Waals surface area contributed by atoms with E-state index in [4.69, 9.17) is 0 Å². The first kappa shape index (κ1) is 36.9. The summed E-state index contributed by atoms with van der Waals surface area (Å²) < 4.78 is 64.2. The number of phenols is 2. The lowest BCUT2D eigenvalue weighted by atomic mass is 10.1. The number of hydrogen-bond acceptors (Lipinski definition) is 10. The van der Waals surface area contributed by atoms with Gasteiger partial charge in [0.25, 0.3) is 32.1 Å². The van der Waals surface area contributed by atoms with Crippen molar-refractivity contribution in [2.24, 2.45) is 0 Å². The molecule has 0 unspecified atom stereocenters. The highest BCUT2D eigenvalue weighted by Gasteiger charge is 2.18. The van der Waals surface area contributed by atoms with Crippen molar-refractivity contribution in [2.45, 2.75) is 9.79 Å². The predicted molar refractivity (Wildman–Crippen MR) is 197 cm³/mol. The number of carbonyl (C=O) groups excluding carboxylic acids is 4. The first-order valence-electron chi connectivity index (χ1n) is 15.4. The van der Waals surface area contributed by atoms with Crippen molar-refractivity contribution in [3.63, 3.8) is 0 Å². The van der Waals surface area contributed by atoms with E-state index in [0.29, 0.717) is 21.5 Å². The Balaban J connectivity index is 1.03. The number of fused-ring (bicyclic) bond motifs is 2. The summed E-state index contributed by atoms with van der Waals surface area (Å²) in [7, 11) is -8.91. The standard InChI is InChI=1S/C36H26N4O12S2/c41-31-17-23-13-27(53(47,48)49)11-5-21(23)15-29(31)39-33(43)19-1-7-25(8-2-19)37-35(45)36(46)38-26-9-3-20(4-10-26)34(44)40-30-16-22-6-12-28(54(50,51)52)14-24(22)18-32(30)42/h1-18,41-42H,(H,37,45)(H,38,46)(H,39,43)(H,40,44)(H,47,48,49)(H,50,51,52). The molecule has 4 amide bonds. The van der Waals surface area contributed by atoms with Crippen LogP contribution in [0.15, 0.2) is 119 Å². The van der Waals surface area contributed by atoms with Crippen LogP contribution in [0.2, 0.25) is 0 Å². The zero-order valence-electron chi connectivity index (χ0n) is 27.3. The molecule has 0 aliphatic carbocycles. The molecule has 0 saturated heterocycles. The molecule has 16 nitrogen and oxygen atoms in total. The average Bonchev–Trinajstić information content (AvgIpc) is 3.11. The van der Waals surface area contributed by atoms with Crippen LogP contribution >= 0.6 is 0 Å². The summed E-state index contributed by atoms with van der Waals surface area (Å²) in [5.41, 5.74) is 0.677. The SMILES string of the molecule is O=C(Nc1ccc(C(=O)Nc2cc3ccc(S(=O)(=O)O)cc3cc2O)cc1)C(=O)Nc1ccc(C(=O)Nc2cc3ccc(S(=O)(=O)O)cc3cc2O)cc1. The molecular formula is C36H26N4O12S2. The van der Waals surface area contributed by atoms with Crippen LogP contribution in [0.25, 0.3) is 21.5 Å². The summed E-state index contributed by atoms with van der Waals surface area (Å²) >= 11 is 0. The van der Waals surface area contributed by atoms with Crippen molar-refractivity contribution in [3.05, 3.63) is 120 Å². The highest BCUT2D eigenvalue weighted by Crippen LogP contribution is 2.33. The fourth-order valence-corrected chi connectivity index (χ4v) is 6.26. The molecule has 18 heteroatoms. The van der Waals surface area contributed by atoms with E-state index in [0.717, 1.165) is 0 Å². The highest BCUT2D eigenvalue weighted by molar-refractivity contribution is 7.86. The monoisotopic (exact) mass is 770 g/mol. The molecule has 0 aromatic heterocycles. The summed E-state index contributed by atoms with van der Waals surface area (Å²) in [6.07, 6.45) is 0. The zero-order valence-corrected chi connectivity index (χ0v) is 28.9. The number of carbonyl (C=O) groups is 4. The van der Waals surface area contributed by atoms with Gasteiger partial charge in [-0.15, -0.1) is 0 Å². The summed E-state index contributed by atoms with van der Waals surface area (Å²) in [5, 5.41) is 32.2. The molecule has 6 rings (SSSR count). The van der Waals surface area contributed by atoms with Crippen molar-refractivity contribution < 1.29 is 55.3 Å². The summed E-state index contributed by atoms with van der Waals surface area (Å²) in [5.74, 6) is -4.05.